The van der Waals surface area contributed by atoms with E-state index >= 15 is 0 Å². The molecule has 8 aromatic carbocycles. The standard InChI is InChI=1S/C72H74N2O20S4/c1-39-13-21-47(22-14-39)95(83,84)91-63-35-64(92-96(85,86)48-23-15-40(2)16-24-48)52-31-51(63)43(5)55-33-56(68(76)59(67(55)75)37-73-29-9-11-61(73)71(79)80)45(7)53-32-54(46(8)58-34-57(44(52)6)69(77)60(70(58)78)38-74-30-10-12-62(74)72(81)82)66(94-98(89,90)50-27-19-42(4)20-28-50)36-65(53)93-97(87,88)49-25-17-41(3)18-26-49/h13-28,31-36,43-46,61-62,75-78H,9-12,29-30,37-38H2,1-8H3,(H,79,80)(H,81,82)/t43-,44+,45+,46-,61-,62-/m0/s1. The van der Waals surface area contributed by atoms with Gasteiger partial charge in [-0.15, -0.1) is 0 Å². The van der Waals surface area contributed by atoms with Crippen molar-refractivity contribution in [2.24, 2.45) is 0 Å². The van der Waals surface area contributed by atoms with E-state index in [9.17, 15) is 73.9 Å². The van der Waals surface area contributed by atoms with Gasteiger partial charge >= 0.3 is 52.4 Å². The van der Waals surface area contributed by atoms with Crippen LogP contribution in [0.3, 0.4) is 0 Å². The van der Waals surface area contributed by atoms with Gasteiger partial charge in [-0.25, -0.2) is 0 Å². The van der Waals surface area contributed by atoms with Crippen molar-refractivity contribution in [1.29, 1.82) is 0 Å². The van der Waals surface area contributed by atoms with Crippen LogP contribution in [0.15, 0.2) is 153 Å². The third-order valence-corrected chi connectivity index (χ3v) is 23.9. The zero-order valence-corrected chi connectivity index (χ0v) is 58.0. The number of phenolic OH excluding ortho intramolecular Hbond substituents is 4. The number of aliphatic carboxylic acids is 2. The molecule has 26 heteroatoms. The lowest BCUT2D eigenvalue weighted by molar-refractivity contribution is -0.143. The Bertz CT molecular complexity index is 4380. The molecule has 8 bridgehead atoms. The number of aryl methyl sites for hydroxylation is 4. The number of carbonyl (C=O) groups is 2. The van der Waals surface area contributed by atoms with Gasteiger partial charge in [0.25, 0.3) is 0 Å². The Kier molecular flexibility index (Phi) is 19.3. The van der Waals surface area contributed by atoms with Gasteiger partial charge in [0.15, 0.2) is 23.0 Å². The molecule has 0 spiro atoms. The molecular formula is C72H74N2O20S4. The van der Waals surface area contributed by atoms with E-state index in [1.54, 1.807) is 27.7 Å². The predicted molar refractivity (Wildman–Crippen MR) is 361 cm³/mol. The van der Waals surface area contributed by atoms with Crippen LogP contribution in [0, 0.1) is 27.7 Å². The summed E-state index contributed by atoms with van der Waals surface area (Å²) in [6, 6.07) is 27.9. The molecule has 98 heavy (non-hydrogen) atoms. The smallest absolute Gasteiger partial charge is 0.339 e. The first-order valence-corrected chi connectivity index (χ1v) is 37.3. The molecule has 3 aliphatic rings. The Morgan fingerprint density at radius 1 is 0.367 bits per heavy atom. The second-order valence-electron chi connectivity index (χ2n) is 25.5. The van der Waals surface area contributed by atoms with E-state index in [-0.39, 0.29) is 101 Å². The predicted octanol–water partition coefficient (Wildman–Crippen LogP) is 11.8. The molecule has 0 amide bonds. The van der Waals surface area contributed by atoms with Crippen molar-refractivity contribution >= 4 is 52.4 Å². The third-order valence-electron chi connectivity index (χ3n) is 18.9. The summed E-state index contributed by atoms with van der Waals surface area (Å²) >= 11 is 0. The second-order valence-corrected chi connectivity index (χ2v) is 31.7. The number of phenols is 4. The minimum Gasteiger partial charge on any atom is -0.507 e. The van der Waals surface area contributed by atoms with E-state index in [1.165, 1.54) is 159 Å². The summed E-state index contributed by atoms with van der Waals surface area (Å²) in [4.78, 5) is 27.4. The van der Waals surface area contributed by atoms with Crippen molar-refractivity contribution in [3.8, 4) is 46.0 Å². The summed E-state index contributed by atoms with van der Waals surface area (Å²) in [6.07, 6.45) is 1.21. The molecule has 2 aliphatic heterocycles. The average Bonchev–Trinajstić information content (AvgIpc) is 0.799. The van der Waals surface area contributed by atoms with Gasteiger partial charge in [-0.05, 0) is 139 Å². The monoisotopic (exact) mass is 1410 g/mol. The van der Waals surface area contributed by atoms with E-state index in [1.807, 2.05) is 0 Å². The van der Waals surface area contributed by atoms with E-state index in [4.69, 9.17) is 16.7 Å². The van der Waals surface area contributed by atoms with Crippen LogP contribution in [0.5, 0.6) is 46.0 Å². The number of rotatable bonds is 18. The van der Waals surface area contributed by atoms with Crippen LogP contribution >= 0.6 is 0 Å². The maximum Gasteiger partial charge on any atom is 0.339 e. The Balaban J connectivity index is 1.27. The molecule has 2 heterocycles. The van der Waals surface area contributed by atoms with Crippen LogP contribution in [0.2, 0.25) is 0 Å². The van der Waals surface area contributed by atoms with Crippen LogP contribution in [0.1, 0.15) is 155 Å². The van der Waals surface area contributed by atoms with Gasteiger partial charge in [-0.3, -0.25) is 19.4 Å². The molecule has 0 aromatic heterocycles. The molecule has 2 saturated heterocycles. The summed E-state index contributed by atoms with van der Waals surface area (Å²) in [6.45, 7) is 12.6. The molecule has 2 fully saturated rings. The highest BCUT2D eigenvalue weighted by Crippen LogP contribution is 2.54. The van der Waals surface area contributed by atoms with Crippen LogP contribution in [-0.4, -0.2) is 111 Å². The zero-order valence-electron chi connectivity index (χ0n) is 54.7. The average molecular weight is 1420 g/mol. The molecule has 6 N–H and O–H groups in total. The maximum atomic E-state index is 14.8. The molecule has 0 saturated carbocycles. The Morgan fingerprint density at radius 3 is 0.796 bits per heavy atom. The van der Waals surface area contributed by atoms with Gasteiger partial charge in [0.05, 0.1) is 11.1 Å². The number of hydrogen-bond acceptors (Lipinski definition) is 20. The Hall–Kier alpha value is -9.18. The lowest BCUT2D eigenvalue weighted by atomic mass is 9.79. The molecule has 0 unspecified atom stereocenters. The number of carboxylic acids is 2. The van der Waals surface area contributed by atoms with Gasteiger partial charge in [-0.2, -0.15) is 33.7 Å². The quantitative estimate of drug-likeness (QED) is 0.0435. The normalized spacial score (nSPS) is 19.2. The largest absolute Gasteiger partial charge is 0.507 e. The topological polar surface area (TPSA) is 335 Å². The summed E-state index contributed by atoms with van der Waals surface area (Å²) < 4.78 is 143. The Labute approximate surface area is 569 Å². The molecule has 22 nitrogen and oxygen atoms in total. The number of nitrogens with zero attached hydrogens (tertiary/aromatic N) is 2. The first kappa shape index (κ1) is 70.1. The summed E-state index contributed by atoms with van der Waals surface area (Å²) in [5.41, 5.74) is 1.60. The number of benzene rings is 8. The van der Waals surface area contributed by atoms with E-state index in [0.717, 1.165) is 12.1 Å². The lowest BCUT2D eigenvalue weighted by Gasteiger charge is -2.30. The highest BCUT2D eigenvalue weighted by atomic mass is 32.2. The summed E-state index contributed by atoms with van der Waals surface area (Å²) in [5, 5.41) is 72.9. The van der Waals surface area contributed by atoms with Crippen molar-refractivity contribution < 1.29 is 90.6 Å². The van der Waals surface area contributed by atoms with Crippen molar-refractivity contribution in [3.05, 3.63) is 211 Å². The van der Waals surface area contributed by atoms with Crippen LogP contribution in [-0.2, 0) is 63.2 Å². The van der Waals surface area contributed by atoms with Crippen molar-refractivity contribution in [2.45, 2.75) is 149 Å². The third kappa shape index (κ3) is 13.9. The SMILES string of the molecule is Cc1ccc(S(=O)(=O)Oc2cc(OS(=O)(=O)c3ccc(C)cc3)c3cc2[C@@H](C)c2cc(c(O)c(CN4CCC[C@H]4C(=O)O)c2O)[C@@H](C)c2cc(c(OS(=O)(=O)c4ccc(C)cc4)cc2OS(=O)(=O)c2ccc(C)cc2)[C@@H](C)c2cc(c(O)c(CN4CCC[C@H]4C(=O)O)c2O)[C@H]3C)cc1. The summed E-state index contributed by atoms with van der Waals surface area (Å²) in [7, 11) is -19.6. The van der Waals surface area contributed by atoms with Crippen LogP contribution in [0.25, 0.3) is 0 Å². The fourth-order valence-corrected chi connectivity index (χ4v) is 16.9. The molecule has 6 atom stereocenters. The summed E-state index contributed by atoms with van der Waals surface area (Å²) in [5.74, 6) is -12.4. The lowest BCUT2D eigenvalue weighted by Crippen LogP contribution is -2.35. The first-order valence-electron chi connectivity index (χ1n) is 31.6. The van der Waals surface area contributed by atoms with Crippen molar-refractivity contribution in [1.82, 2.24) is 9.80 Å². The van der Waals surface area contributed by atoms with Gasteiger partial charge in [0.1, 0.15) is 54.7 Å². The minimum absolute atomic E-state index is 0.0851. The number of hydrogen-bond donors (Lipinski definition) is 6. The fourth-order valence-electron chi connectivity index (χ4n) is 13.1. The molecule has 11 rings (SSSR count). The molecule has 1 aliphatic carbocycles. The first-order chi connectivity index (χ1) is 46.1. The second kappa shape index (κ2) is 26.9. The van der Waals surface area contributed by atoms with Crippen LogP contribution < -0.4 is 16.7 Å². The molecule has 8 aromatic rings. The van der Waals surface area contributed by atoms with Gasteiger partial charge in [0, 0.05) is 93.4 Å². The number of aromatic hydroxyl groups is 4. The van der Waals surface area contributed by atoms with Gasteiger partial charge in [-0.1, -0.05) is 98.5 Å². The van der Waals surface area contributed by atoms with Crippen molar-refractivity contribution in [3.63, 3.8) is 0 Å². The van der Waals surface area contributed by atoms with E-state index < -0.39 is 147 Å². The highest BCUT2D eigenvalue weighted by molar-refractivity contribution is 7.88. The van der Waals surface area contributed by atoms with Gasteiger partial charge < -0.3 is 47.4 Å². The molecule has 0 radical (unpaired) electrons. The fraction of sp³-hybridized carbons (Fsp3) is 0.306. The van der Waals surface area contributed by atoms with E-state index in [0.29, 0.717) is 35.1 Å². The molecule has 516 valence electrons. The van der Waals surface area contributed by atoms with Gasteiger partial charge in [0.2, 0.25) is 0 Å². The number of fused-ring (bicyclic) bond motifs is 8. The maximum absolute atomic E-state index is 14.8. The minimum atomic E-state index is -4.90. The van der Waals surface area contributed by atoms with Crippen molar-refractivity contribution in [2.75, 3.05) is 13.1 Å². The number of carboxylic acid groups (broad SMARTS) is 2. The molecular weight excluding hydrogens is 1340 g/mol. The Morgan fingerprint density at radius 2 is 0.582 bits per heavy atom. The van der Waals surface area contributed by atoms with E-state index in [2.05, 4.69) is 0 Å². The van der Waals surface area contributed by atoms with Crippen LogP contribution in [0.4, 0.5) is 0 Å². The zero-order chi connectivity index (χ0) is 70.8. The highest BCUT2D eigenvalue weighted by Gasteiger charge is 2.40. The number of likely N-dealkylation sites (tertiary alicyclic amines) is 2.